The minimum absolute atomic E-state index is 0.0555. The van der Waals surface area contributed by atoms with Crippen LogP contribution in [0.5, 0.6) is 0 Å². The molecule has 0 heterocycles. The van der Waals surface area contributed by atoms with Crippen molar-refractivity contribution < 1.29 is 19.3 Å². The summed E-state index contributed by atoms with van der Waals surface area (Å²) >= 11 is 6.45. The molecule has 0 saturated heterocycles. The van der Waals surface area contributed by atoms with E-state index in [-0.39, 0.29) is 5.91 Å². The van der Waals surface area contributed by atoms with Gasteiger partial charge in [0.1, 0.15) is 0 Å². The first-order chi connectivity index (χ1) is 4.83. The van der Waals surface area contributed by atoms with Crippen LogP contribution >= 0.6 is 30.2 Å². The van der Waals surface area contributed by atoms with Crippen LogP contribution < -0.4 is 19.8 Å². The number of nitrogens with one attached hydrogen (secondary N) is 1. The summed E-state index contributed by atoms with van der Waals surface area (Å²) in [7, 11) is 0. The summed E-state index contributed by atoms with van der Waals surface area (Å²) in [5, 5.41) is 2.42. The maximum absolute atomic E-state index is 11.0. The van der Waals surface area contributed by atoms with Crippen LogP contribution in [0.15, 0.2) is 0 Å². The van der Waals surface area contributed by atoms with Crippen molar-refractivity contribution in [3.63, 3.8) is 0 Å². The summed E-state index contributed by atoms with van der Waals surface area (Å²) < 4.78 is 0.836. The van der Waals surface area contributed by atoms with E-state index in [4.69, 9.17) is 11.6 Å². The van der Waals surface area contributed by atoms with Crippen LogP contribution in [0.2, 0.25) is 0 Å². The number of carbonyl (C=O) groups excluding carboxylic acids is 1. The third-order valence-electron chi connectivity index (χ3n) is 0.920. The van der Waals surface area contributed by atoms with Gasteiger partial charge in [0, 0.05) is 0 Å². The van der Waals surface area contributed by atoms with Crippen LogP contribution in [0, 0.1) is 0 Å². The van der Waals surface area contributed by atoms with Gasteiger partial charge in [-0.05, 0) is 0 Å². The van der Waals surface area contributed by atoms with Gasteiger partial charge in [-0.1, -0.05) is 0 Å². The fraction of sp³-hybridized carbons (Fsp3) is 0.833. The molecule has 0 saturated carbocycles. The predicted octanol–water partition coefficient (Wildman–Crippen LogP) is -1.54. The van der Waals surface area contributed by atoms with Crippen molar-refractivity contribution in [1.82, 2.24) is 5.32 Å². The van der Waals surface area contributed by atoms with Crippen molar-refractivity contribution in [2.24, 2.45) is 0 Å². The zero-order chi connectivity index (χ0) is 9.07. The van der Waals surface area contributed by atoms with Crippen LogP contribution in [0.3, 0.4) is 0 Å². The molecule has 0 aromatic carbocycles. The molecule has 1 amide bonds. The number of hydrogen-bond donors (Lipinski definition) is 1. The van der Waals surface area contributed by atoms with Gasteiger partial charge in [-0.3, -0.25) is 0 Å². The van der Waals surface area contributed by atoms with Crippen molar-refractivity contribution in [2.75, 3.05) is 14.4 Å². The van der Waals surface area contributed by atoms with E-state index in [1.807, 2.05) is 0 Å². The molecule has 1 N–H and O–H groups in total. The molecule has 0 bridgehead atoms. The van der Waals surface area contributed by atoms with Gasteiger partial charge < -0.3 is 0 Å². The second kappa shape index (κ2) is 5.06. The molecule has 70 valence electrons. The monoisotopic (exact) mass is 404 g/mol. The summed E-state index contributed by atoms with van der Waals surface area (Å²) in [6, 6.07) is 0. The average molecular weight is 404 g/mol. The Hall–Kier alpha value is 1.22. The minimum atomic E-state index is -1.57. The number of hydrogen-bond acceptors (Lipinski definition) is 1. The zero-order valence-electron chi connectivity index (χ0n) is 6.83. The number of amides is 1. The first-order valence-electron chi connectivity index (χ1n) is 3.06. The van der Waals surface area contributed by atoms with Crippen molar-refractivity contribution in [3.05, 3.63) is 0 Å². The number of halogens is 3. The molecule has 0 aromatic heterocycles. The Bertz CT molecular complexity index is 144. The molecule has 0 aromatic rings. The molecule has 11 heavy (non-hydrogen) atoms. The molecule has 2 nitrogen and oxygen atoms in total. The van der Waals surface area contributed by atoms with Crippen LogP contribution in [0.4, 0.5) is 0 Å². The molecule has 0 unspecified atom stereocenters. The van der Waals surface area contributed by atoms with Gasteiger partial charge in [0.05, 0.1) is 0 Å². The van der Waals surface area contributed by atoms with E-state index in [1.165, 1.54) is 0 Å². The van der Waals surface area contributed by atoms with E-state index in [9.17, 15) is 4.79 Å². The first kappa shape index (κ1) is 12.2. The molecular formula is C6H13ClI2NO-. The summed E-state index contributed by atoms with van der Waals surface area (Å²) in [6.45, 7) is 1.68. The standard InChI is InChI=1S/C6H13ClI2NO/c1-5(7)6(11)10-4-9(2,3)8/h5H,4H2,1-3H3,(H,10,11)/q-1/t5-/m0/s1. The predicted molar refractivity (Wildman–Crippen MR) is 54.2 cm³/mol. The third-order valence-corrected chi connectivity index (χ3v) is 5.25. The summed E-state index contributed by atoms with van der Waals surface area (Å²) in [5.41, 5.74) is 0. The first-order valence-corrected chi connectivity index (χ1v) is 15.6. The Labute approximate surface area is 86.5 Å². The van der Waals surface area contributed by atoms with E-state index in [2.05, 4.69) is 33.8 Å². The molecule has 0 radical (unpaired) electrons. The molecule has 5 heteroatoms. The van der Waals surface area contributed by atoms with E-state index in [1.54, 1.807) is 6.92 Å². The number of alkyl halides is 4. The van der Waals surface area contributed by atoms with Crippen molar-refractivity contribution in [3.8, 4) is 0 Å². The van der Waals surface area contributed by atoms with Crippen molar-refractivity contribution in [1.29, 1.82) is 0 Å². The maximum atomic E-state index is 11.0. The van der Waals surface area contributed by atoms with Crippen LogP contribution in [-0.4, -0.2) is 25.7 Å². The normalized spacial score (nSPS) is 15.7. The Balaban J connectivity index is 3.64. The summed E-state index contributed by atoms with van der Waals surface area (Å²) in [6.07, 6.45) is 0. The summed E-state index contributed by atoms with van der Waals surface area (Å²) in [5.74, 6) is -0.0555. The molecule has 0 aliphatic rings. The third kappa shape index (κ3) is 7.58. The van der Waals surface area contributed by atoms with Crippen molar-refractivity contribution >= 4 is 36.1 Å². The fourth-order valence-corrected chi connectivity index (χ4v) is 2.69. The molecule has 0 rings (SSSR count). The SMILES string of the molecule is C[C@H](Cl)C(=O)NC[I-](C)(C)I. The average Bonchev–Trinajstić information content (AvgIpc) is 1.80. The Morgan fingerprint density at radius 1 is 1.73 bits per heavy atom. The van der Waals surface area contributed by atoms with E-state index in [0.29, 0.717) is 0 Å². The molecule has 0 fully saturated rings. The molecular weight excluding hydrogens is 391 g/mol. The Morgan fingerprint density at radius 2 is 2.18 bits per heavy atom. The van der Waals surface area contributed by atoms with Crippen LogP contribution in [-0.2, 0) is 4.79 Å². The van der Waals surface area contributed by atoms with Crippen LogP contribution in [0.25, 0.3) is 0 Å². The van der Waals surface area contributed by atoms with Gasteiger partial charge in [-0.2, -0.15) is 0 Å². The van der Waals surface area contributed by atoms with Gasteiger partial charge in [0.15, 0.2) is 0 Å². The summed E-state index contributed by atoms with van der Waals surface area (Å²) in [4.78, 5) is 15.4. The molecule has 0 aliphatic heterocycles. The van der Waals surface area contributed by atoms with E-state index in [0.717, 1.165) is 4.55 Å². The molecule has 1 atom stereocenters. The van der Waals surface area contributed by atoms with Gasteiger partial charge in [0.2, 0.25) is 0 Å². The van der Waals surface area contributed by atoms with Gasteiger partial charge in [-0.25, -0.2) is 0 Å². The van der Waals surface area contributed by atoms with E-state index >= 15 is 0 Å². The fourth-order valence-electron chi connectivity index (χ4n) is 0.365. The number of rotatable bonds is 3. The second-order valence-electron chi connectivity index (χ2n) is 2.59. The van der Waals surface area contributed by atoms with Crippen molar-refractivity contribution in [2.45, 2.75) is 12.3 Å². The van der Waals surface area contributed by atoms with Gasteiger partial charge >= 0.3 is 87.4 Å². The Morgan fingerprint density at radius 3 is 2.45 bits per heavy atom. The van der Waals surface area contributed by atoms with E-state index < -0.39 is 19.8 Å². The quantitative estimate of drug-likeness (QED) is 0.345. The zero-order valence-corrected chi connectivity index (χ0v) is 11.9. The second-order valence-corrected chi connectivity index (χ2v) is 26.2. The number of carbonyl (C=O) groups is 1. The molecule has 0 aliphatic carbocycles. The Kier molecular flexibility index (Phi) is 5.62. The topological polar surface area (TPSA) is 29.1 Å². The van der Waals surface area contributed by atoms with Gasteiger partial charge in [-0.15, -0.1) is 0 Å². The van der Waals surface area contributed by atoms with Gasteiger partial charge in [0.25, 0.3) is 0 Å². The van der Waals surface area contributed by atoms with Crippen LogP contribution in [0.1, 0.15) is 6.92 Å². The molecule has 0 spiro atoms.